The molecule has 36 heavy (non-hydrogen) atoms. The maximum atomic E-state index is 14.4. The van der Waals surface area contributed by atoms with Crippen molar-refractivity contribution in [3.63, 3.8) is 0 Å². The van der Waals surface area contributed by atoms with Gasteiger partial charge in [-0.25, -0.2) is 18.0 Å². The van der Waals surface area contributed by atoms with E-state index in [1.54, 1.807) is 28.6 Å². The van der Waals surface area contributed by atoms with Crippen LogP contribution in [-0.4, -0.2) is 64.3 Å². The first-order valence-electron chi connectivity index (χ1n) is 12.8. The number of esters is 2. The Morgan fingerprint density at radius 2 is 1.44 bits per heavy atom. The van der Waals surface area contributed by atoms with Gasteiger partial charge in [-0.05, 0) is 37.8 Å². The maximum absolute atomic E-state index is 14.4. The molecular weight excluding hydrogens is 484 g/mol. The van der Waals surface area contributed by atoms with Crippen LogP contribution in [0.2, 0.25) is 0 Å². The summed E-state index contributed by atoms with van der Waals surface area (Å²) in [5.41, 5.74) is 0.190. The predicted octanol–water partition coefficient (Wildman–Crippen LogP) is 3.74. The Hall–Kier alpha value is -2.43. The van der Waals surface area contributed by atoms with Crippen molar-refractivity contribution in [2.24, 2.45) is 0 Å². The molecule has 0 atom stereocenters. The van der Waals surface area contributed by atoms with E-state index >= 15 is 0 Å². The highest BCUT2D eigenvalue weighted by Crippen LogP contribution is 2.39. The average Bonchev–Trinajstić information content (AvgIpc) is 2.93. The smallest absolute Gasteiger partial charge is 0.355 e. The SMILES string of the molecule is COC(=O)C1=C(C(=O)OC)N(c2ccccc2S(=O)(=O)N(C2CCCCC2)C2CCCCC2)COC1. The first-order chi connectivity index (χ1) is 17.4. The van der Waals surface area contributed by atoms with Crippen molar-refractivity contribution >= 4 is 27.6 Å². The molecule has 1 aromatic rings. The molecule has 10 heteroatoms. The number of para-hydroxylation sites is 1. The summed E-state index contributed by atoms with van der Waals surface area (Å²) >= 11 is 0. The molecule has 2 aliphatic carbocycles. The van der Waals surface area contributed by atoms with Gasteiger partial charge in [0.25, 0.3) is 0 Å². The third kappa shape index (κ3) is 5.31. The zero-order valence-corrected chi connectivity index (χ0v) is 21.9. The second-order valence-corrected chi connectivity index (χ2v) is 11.4. The molecule has 0 N–H and O–H groups in total. The number of benzene rings is 1. The average molecular weight is 521 g/mol. The fraction of sp³-hybridized carbons (Fsp3) is 0.615. The topological polar surface area (TPSA) is 102 Å². The lowest BCUT2D eigenvalue weighted by molar-refractivity contribution is -0.140. The molecule has 0 aromatic heterocycles. The van der Waals surface area contributed by atoms with Gasteiger partial charge in [-0.2, -0.15) is 4.31 Å². The van der Waals surface area contributed by atoms with Crippen molar-refractivity contribution < 1.29 is 32.2 Å². The fourth-order valence-electron chi connectivity index (χ4n) is 5.71. The maximum Gasteiger partial charge on any atom is 0.355 e. The van der Waals surface area contributed by atoms with E-state index in [4.69, 9.17) is 14.2 Å². The predicted molar refractivity (Wildman–Crippen MR) is 134 cm³/mol. The number of ether oxygens (including phenoxy) is 3. The van der Waals surface area contributed by atoms with Crippen molar-refractivity contribution in [2.45, 2.75) is 81.2 Å². The molecule has 4 rings (SSSR count). The molecule has 1 heterocycles. The first kappa shape index (κ1) is 26.6. The number of carbonyl (C=O) groups excluding carboxylic acids is 2. The number of carbonyl (C=O) groups is 2. The van der Waals surface area contributed by atoms with Crippen LogP contribution < -0.4 is 4.90 Å². The summed E-state index contributed by atoms with van der Waals surface area (Å²) in [5, 5.41) is 0. The summed E-state index contributed by atoms with van der Waals surface area (Å²) in [5.74, 6) is -1.49. The van der Waals surface area contributed by atoms with E-state index in [-0.39, 0.29) is 47.3 Å². The van der Waals surface area contributed by atoms with Crippen LogP contribution in [0.25, 0.3) is 0 Å². The molecule has 0 amide bonds. The molecule has 2 saturated carbocycles. The summed E-state index contributed by atoms with van der Waals surface area (Å²) in [6, 6.07) is 6.52. The largest absolute Gasteiger partial charge is 0.466 e. The third-order valence-corrected chi connectivity index (χ3v) is 9.47. The van der Waals surface area contributed by atoms with Crippen LogP contribution in [0.1, 0.15) is 64.2 Å². The Kier molecular flexibility index (Phi) is 8.69. The normalized spacial score (nSPS) is 20.5. The second-order valence-electron chi connectivity index (χ2n) is 9.60. The van der Waals surface area contributed by atoms with E-state index in [2.05, 4.69) is 0 Å². The van der Waals surface area contributed by atoms with Crippen LogP contribution in [0.3, 0.4) is 0 Å². The lowest BCUT2D eigenvalue weighted by Gasteiger charge is -2.41. The molecule has 198 valence electrons. The number of methoxy groups -OCH3 is 2. The van der Waals surface area contributed by atoms with Gasteiger partial charge >= 0.3 is 11.9 Å². The van der Waals surface area contributed by atoms with Gasteiger partial charge in [-0.15, -0.1) is 0 Å². The van der Waals surface area contributed by atoms with Crippen LogP contribution in [0.4, 0.5) is 5.69 Å². The van der Waals surface area contributed by atoms with Gasteiger partial charge in [0.05, 0.1) is 32.1 Å². The van der Waals surface area contributed by atoms with Gasteiger partial charge in [0.15, 0.2) is 0 Å². The molecule has 0 unspecified atom stereocenters. The summed E-state index contributed by atoms with van der Waals surface area (Å²) in [6.45, 7) is -0.247. The van der Waals surface area contributed by atoms with Gasteiger partial charge in [0, 0.05) is 12.1 Å². The fourth-order valence-corrected chi connectivity index (χ4v) is 7.83. The molecule has 0 radical (unpaired) electrons. The van der Waals surface area contributed by atoms with E-state index in [0.29, 0.717) is 0 Å². The quantitative estimate of drug-likeness (QED) is 0.501. The molecule has 1 aliphatic heterocycles. The highest BCUT2D eigenvalue weighted by Gasteiger charge is 2.41. The highest BCUT2D eigenvalue weighted by atomic mass is 32.2. The second kappa shape index (κ2) is 11.7. The van der Waals surface area contributed by atoms with Crippen LogP contribution in [0, 0.1) is 0 Å². The summed E-state index contributed by atoms with van der Waals surface area (Å²) in [4.78, 5) is 26.8. The van der Waals surface area contributed by atoms with E-state index in [1.165, 1.54) is 19.1 Å². The Balaban J connectivity index is 1.82. The number of sulfonamides is 1. The summed E-state index contributed by atoms with van der Waals surface area (Å²) in [7, 11) is -1.50. The molecule has 0 spiro atoms. The molecular formula is C26H36N2O7S. The van der Waals surface area contributed by atoms with E-state index in [1.807, 2.05) is 0 Å². The molecule has 0 saturated heterocycles. The van der Waals surface area contributed by atoms with E-state index < -0.39 is 22.0 Å². The molecule has 2 fully saturated rings. The number of hydrogen-bond donors (Lipinski definition) is 0. The first-order valence-corrected chi connectivity index (χ1v) is 14.2. The van der Waals surface area contributed by atoms with E-state index in [0.717, 1.165) is 64.2 Å². The van der Waals surface area contributed by atoms with E-state index in [9.17, 15) is 18.0 Å². The number of hydrogen-bond acceptors (Lipinski definition) is 8. The van der Waals surface area contributed by atoms with Crippen LogP contribution in [0.5, 0.6) is 0 Å². The van der Waals surface area contributed by atoms with Crippen molar-refractivity contribution in [3.8, 4) is 0 Å². The number of nitrogens with zero attached hydrogens (tertiary/aromatic N) is 2. The Morgan fingerprint density at radius 1 is 0.889 bits per heavy atom. The Labute approximate surface area is 213 Å². The minimum absolute atomic E-state index is 0.0146. The lowest BCUT2D eigenvalue weighted by Crippen LogP contribution is -2.49. The van der Waals surface area contributed by atoms with Crippen molar-refractivity contribution in [1.82, 2.24) is 4.31 Å². The minimum Gasteiger partial charge on any atom is -0.466 e. The van der Waals surface area contributed by atoms with Crippen molar-refractivity contribution in [1.29, 1.82) is 0 Å². The van der Waals surface area contributed by atoms with Crippen molar-refractivity contribution in [3.05, 3.63) is 35.5 Å². The lowest BCUT2D eigenvalue weighted by atomic mass is 9.91. The standard InChI is InChI=1S/C26H36N2O7S/c1-33-25(29)21-17-35-18-27(24(21)26(30)34-2)22-15-9-10-16-23(22)36(31,32)28(19-11-5-3-6-12-19)20-13-7-4-8-14-20/h9-10,15-16,19-20H,3-8,11-14,17-18H2,1-2H3. The number of anilines is 1. The summed E-state index contributed by atoms with van der Waals surface area (Å²) in [6.07, 6.45) is 9.72. The summed E-state index contributed by atoms with van der Waals surface area (Å²) < 4.78 is 46.1. The van der Waals surface area contributed by atoms with Gasteiger partial charge in [0.2, 0.25) is 10.0 Å². The molecule has 9 nitrogen and oxygen atoms in total. The van der Waals surface area contributed by atoms with Gasteiger partial charge < -0.3 is 19.1 Å². The molecule has 1 aromatic carbocycles. The highest BCUT2D eigenvalue weighted by molar-refractivity contribution is 7.89. The third-order valence-electron chi connectivity index (χ3n) is 7.41. The van der Waals surface area contributed by atoms with Crippen LogP contribution >= 0.6 is 0 Å². The minimum atomic E-state index is -3.93. The van der Waals surface area contributed by atoms with Crippen LogP contribution in [0.15, 0.2) is 40.4 Å². The number of rotatable bonds is 7. The van der Waals surface area contributed by atoms with Gasteiger partial charge in [-0.1, -0.05) is 50.7 Å². The Morgan fingerprint density at radius 3 is 2.00 bits per heavy atom. The zero-order chi connectivity index (χ0) is 25.7. The van der Waals surface area contributed by atoms with Gasteiger partial charge in [0.1, 0.15) is 17.3 Å². The van der Waals surface area contributed by atoms with Crippen LogP contribution in [-0.2, 0) is 33.8 Å². The Bertz CT molecular complexity index is 1070. The molecule has 0 bridgehead atoms. The zero-order valence-electron chi connectivity index (χ0n) is 21.1. The van der Waals surface area contributed by atoms with Crippen molar-refractivity contribution in [2.75, 3.05) is 32.5 Å². The van der Waals surface area contributed by atoms with Gasteiger partial charge in [-0.3, -0.25) is 0 Å². The monoisotopic (exact) mass is 520 g/mol. The molecule has 3 aliphatic rings.